The van der Waals surface area contributed by atoms with E-state index in [9.17, 15) is 0 Å². The van der Waals surface area contributed by atoms with Gasteiger partial charge in [0.25, 0.3) is 5.24 Å². The average molecular weight is 94.1 g/mol. The molecule has 5 heavy (non-hydrogen) atoms. The highest BCUT2D eigenvalue weighted by molar-refractivity contribution is 7.65. The second-order valence-electron chi connectivity index (χ2n) is 0.366. The van der Waals surface area contributed by atoms with Gasteiger partial charge in [-0.05, 0) is 0 Å². The summed E-state index contributed by atoms with van der Waals surface area (Å²) in [5.41, 5.74) is 0. The lowest BCUT2D eigenvalue weighted by molar-refractivity contribution is 0.384. The van der Waals surface area contributed by atoms with Gasteiger partial charge in [0.15, 0.2) is 0 Å². The van der Waals surface area contributed by atoms with Gasteiger partial charge in [-0.3, -0.25) is 0 Å². The van der Waals surface area contributed by atoms with Crippen LogP contribution in [0, 0.1) is 0 Å². The molecule has 0 aromatic heterocycles. The third-order valence-electron chi connectivity index (χ3n) is 0.0745. The molecule has 0 aliphatic rings. The molecule has 0 bridgehead atoms. The normalized spacial score (nSPS) is 6.80. The lowest BCUT2D eigenvalue weighted by atomic mass is 11.5. The summed E-state index contributed by atoms with van der Waals surface area (Å²) in [6, 6.07) is 0. The summed E-state index contributed by atoms with van der Waals surface area (Å²) < 4.78 is 9.01. The Bertz CT molecular complexity index is 67.0. The van der Waals surface area contributed by atoms with Gasteiger partial charge in [-0.25, -0.2) is 4.21 Å². The molecule has 0 radical (unpaired) electrons. The Hall–Kier alpha value is -0.190. The molecule has 0 fully saturated rings. The van der Waals surface area contributed by atoms with Crippen LogP contribution in [0.4, 0.5) is 0 Å². The Kier molecular flexibility index (Phi) is 1.99. The predicted octanol–water partition coefficient (Wildman–Crippen LogP) is -0.597. The number of aliphatic hydroxyl groups excluding tert-OH is 1. The Labute approximate surface area is 31.9 Å². The van der Waals surface area contributed by atoms with Crippen LogP contribution in [0.2, 0.25) is 0 Å². The van der Waals surface area contributed by atoms with Crippen LogP contribution in [0.15, 0.2) is 0 Å². The fourth-order valence-corrected chi connectivity index (χ4v) is 0. The van der Waals surface area contributed by atoms with Gasteiger partial charge >= 0.3 is 0 Å². The summed E-state index contributed by atoms with van der Waals surface area (Å²) in [5.74, 6) is 0. The highest BCUT2D eigenvalue weighted by atomic mass is 32.1. The van der Waals surface area contributed by atoms with Gasteiger partial charge in [-0.1, -0.05) is 0 Å². The molecular weight excluding hydrogens is 92.1 g/mol. The minimum atomic E-state index is -1.13. The fraction of sp³-hybridized carbons (Fsp3) is 0. The predicted molar refractivity (Wildman–Crippen MR) is 18.4 cm³/mol. The third kappa shape index (κ3) is 3.81. The molecule has 0 saturated heterocycles. The van der Waals surface area contributed by atoms with E-state index in [0.717, 1.165) is 0 Å². The maximum atomic E-state index is 9.01. The SMILES string of the molecule is O=S=C(O)O. The minimum absolute atomic E-state index is 0.343. The quantitative estimate of drug-likeness (QED) is 0.394. The van der Waals surface area contributed by atoms with Crippen molar-refractivity contribution in [1.82, 2.24) is 0 Å². The first-order valence-electron chi connectivity index (χ1n) is 0.818. The molecule has 0 atom stereocenters. The van der Waals surface area contributed by atoms with E-state index in [2.05, 4.69) is 0 Å². The van der Waals surface area contributed by atoms with Crippen molar-refractivity contribution >= 4 is 16.5 Å². The summed E-state index contributed by atoms with van der Waals surface area (Å²) in [6.07, 6.45) is 0. The number of hydrogen-bond donors (Lipinski definition) is 2. The van der Waals surface area contributed by atoms with E-state index < -0.39 is 5.24 Å². The first-order chi connectivity index (χ1) is 2.27. The molecule has 2 N–H and O–H groups in total. The molecule has 0 rings (SSSR count). The number of aliphatic hydroxyl groups is 2. The zero-order valence-electron chi connectivity index (χ0n) is 2.21. The second kappa shape index (κ2) is 2.07. The molecule has 0 amide bonds. The summed E-state index contributed by atoms with van der Waals surface area (Å²) in [5, 5.41) is 13.8. The van der Waals surface area contributed by atoms with Gasteiger partial charge in [-0.15, -0.1) is 0 Å². The lowest BCUT2D eigenvalue weighted by Gasteiger charge is -1.62. The van der Waals surface area contributed by atoms with Crippen LogP contribution in [-0.2, 0) is 11.3 Å². The Morgan fingerprint density at radius 2 is 1.80 bits per heavy atom. The molecule has 0 saturated carbocycles. The van der Waals surface area contributed by atoms with Crippen molar-refractivity contribution in [3.05, 3.63) is 0 Å². The van der Waals surface area contributed by atoms with Crippen molar-refractivity contribution in [2.24, 2.45) is 0 Å². The first-order valence-corrected chi connectivity index (χ1v) is 1.56. The fourth-order valence-electron chi connectivity index (χ4n) is 0. The molecule has 0 aliphatic carbocycles. The molecule has 0 heterocycles. The van der Waals surface area contributed by atoms with Crippen LogP contribution in [0.5, 0.6) is 0 Å². The van der Waals surface area contributed by atoms with Crippen molar-refractivity contribution in [1.29, 1.82) is 0 Å². The van der Waals surface area contributed by atoms with Gasteiger partial charge in [0, 0.05) is 0 Å². The van der Waals surface area contributed by atoms with Crippen molar-refractivity contribution in [2.45, 2.75) is 0 Å². The van der Waals surface area contributed by atoms with E-state index in [4.69, 9.17) is 14.4 Å². The smallest absolute Gasteiger partial charge is 0.276 e. The van der Waals surface area contributed by atoms with Crippen LogP contribution in [0.3, 0.4) is 0 Å². The van der Waals surface area contributed by atoms with E-state index in [1.165, 1.54) is 0 Å². The molecule has 0 spiro atoms. The zero-order chi connectivity index (χ0) is 4.28. The van der Waals surface area contributed by atoms with Crippen molar-refractivity contribution in [3.63, 3.8) is 0 Å². The first kappa shape index (κ1) is 4.81. The molecule has 0 aromatic rings. The summed E-state index contributed by atoms with van der Waals surface area (Å²) in [6.45, 7) is 0. The van der Waals surface area contributed by atoms with Gasteiger partial charge in [-0.2, -0.15) is 0 Å². The van der Waals surface area contributed by atoms with Gasteiger partial charge in [0.2, 0.25) is 0 Å². The molecule has 0 aliphatic heterocycles. The monoisotopic (exact) mass is 94.0 g/mol. The molecule has 3 nitrogen and oxygen atoms in total. The molecule has 0 unspecified atom stereocenters. The van der Waals surface area contributed by atoms with Crippen molar-refractivity contribution in [2.75, 3.05) is 0 Å². The Balaban J connectivity index is 3.60. The highest BCUT2D eigenvalue weighted by Gasteiger charge is 1.67. The van der Waals surface area contributed by atoms with Crippen molar-refractivity contribution < 1.29 is 14.4 Å². The van der Waals surface area contributed by atoms with Crippen LogP contribution in [0.1, 0.15) is 0 Å². The maximum Gasteiger partial charge on any atom is 0.276 e. The van der Waals surface area contributed by atoms with Crippen LogP contribution in [-0.4, -0.2) is 19.7 Å². The topological polar surface area (TPSA) is 57.5 Å². The maximum absolute atomic E-state index is 9.01. The average Bonchev–Trinajstić information content (AvgIpc) is 1.38. The van der Waals surface area contributed by atoms with Gasteiger partial charge < -0.3 is 10.2 Å². The summed E-state index contributed by atoms with van der Waals surface area (Å²) in [7, 11) is 0. The highest BCUT2D eigenvalue weighted by Crippen LogP contribution is 1.38. The van der Waals surface area contributed by atoms with Crippen LogP contribution < -0.4 is 0 Å². The minimum Gasteiger partial charge on any atom is -0.331 e. The largest absolute Gasteiger partial charge is 0.331 e. The van der Waals surface area contributed by atoms with Crippen LogP contribution >= 0.6 is 0 Å². The Morgan fingerprint density at radius 1 is 1.60 bits per heavy atom. The summed E-state index contributed by atoms with van der Waals surface area (Å²) >= 11 is -0.343. The van der Waals surface area contributed by atoms with Gasteiger partial charge in [0.05, 0.1) is 0 Å². The van der Waals surface area contributed by atoms with Crippen LogP contribution in [0.25, 0.3) is 0 Å². The van der Waals surface area contributed by atoms with E-state index in [0.29, 0.717) is 0 Å². The van der Waals surface area contributed by atoms with E-state index >= 15 is 0 Å². The van der Waals surface area contributed by atoms with Gasteiger partial charge in [0.1, 0.15) is 11.3 Å². The number of rotatable bonds is 0. The van der Waals surface area contributed by atoms with E-state index in [-0.39, 0.29) is 11.3 Å². The van der Waals surface area contributed by atoms with E-state index in [1.807, 2.05) is 0 Å². The van der Waals surface area contributed by atoms with E-state index in [1.54, 1.807) is 0 Å². The van der Waals surface area contributed by atoms with Crippen molar-refractivity contribution in [3.8, 4) is 0 Å². The summed E-state index contributed by atoms with van der Waals surface area (Å²) in [4.78, 5) is 0. The lowest BCUT2D eigenvalue weighted by Crippen LogP contribution is -1.87. The molecule has 4 heteroatoms. The zero-order valence-corrected chi connectivity index (χ0v) is 3.03. The molecule has 30 valence electrons. The molecular formula is CH2O3S. The number of hydrogen-bond acceptors (Lipinski definition) is 1. The standard InChI is InChI=1S/CH2O3S/c2-1(3)5-4/h2-3H. The molecule has 0 aromatic carbocycles. The second-order valence-corrected chi connectivity index (χ2v) is 0.898. The Morgan fingerprint density at radius 3 is 1.80 bits per heavy atom. The third-order valence-corrected chi connectivity index (χ3v) is 0.224.